The molecule has 1 aromatic rings. The summed E-state index contributed by atoms with van der Waals surface area (Å²) in [7, 11) is 1.40. The van der Waals surface area contributed by atoms with Gasteiger partial charge in [-0.25, -0.2) is 0 Å². The van der Waals surface area contributed by atoms with Gasteiger partial charge in [0, 0.05) is 18.8 Å². The molecule has 1 amide bonds. The molecule has 0 saturated heterocycles. The molecule has 0 aromatic heterocycles. The number of hydrogen-bond donors (Lipinski definition) is 2. The predicted molar refractivity (Wildman–Crippen MR) is 50.9 cm³/mol. The van der Waals surface area contributed by atoms with E-state index in [9.17, 15) is 14.9 Å². The highest BCUT2D eigenvalue weighted by atomic mass is 16.6. The lowest BCUT2D eigenvalue weighted by Gasteiger charge is -2.02. The van der Waals surface area contributed by atoms with Crippen molar-refractivity contribution < 1.29 is 9.72 Å². The van der Waals surface area contributed by atoms with Gasteiger partial charge in [0.05, 0.1) is 4.92 Å². The van der Waals surface area contributed by atoms with Crippen molar-refractivity contribution in [3.8, 4) is 0 Å². The van der Waals surface area contributed by atoms with Crippen molar-refractivity contribution >= 4 is 17.3 Å². The second-order valence-electron chi connectivity index (χ2n) is 2.61. The lowest BCUT2D eigenvalue weighted by Crippen LogP contribution is -2.19. The van der Waals surface area contributed by atoms with E-state index in [1.807, 2.05) is 0 Å². The molecule has 3 N–H and O–H groups in total. The Balaban J connectivity index is 3.29. The Labute approximate surface area is 79.9 Å². The number of nitrogens with two attached hydrogens (primary N) is 1. The molecule has 14 heavy (non-hydrogen) atoms. The van der Waals surface area contributed by atoms with E-state index in [0.29, 0.717) is 5.69 Å². The van der Waals surface area contributed by atoms with Crippen LogP contribution in [0.1, 0.15) is 10.4 Å². The van der Waals surface area contributed by atoms with E-state index in [-0.39, 0.29) is 11.3 Å². The van der Waals surface area contributed by atoms with Crippen LogP contribution in [0.15, 0.2) is 18.2 Å². The maximum Gasteiger partial charge on any atom is 0.282 e. The van der Waals surface area contributed by atoms with Crippen molar-refractivity contribution in [1.82, 2.24) is 5.32 Å². The van der Waals surface area contributed by atoms with Crippen LogP contribution in [0, 0.1) is 10.1 Å². The normalized spacial score (nSPS) is 9.50. The van der Waals surface area contributed by atoms with Gasteiger partial charge in [0.2, 0.25) is 0 Å². The highest BCUT2D eigenvalue weighted by molar-refractivity contribution is 5.98. The summed E-state index contributed by atoms with van der Waals surface area (Å²) in [5.74, 6) is -0.524. The van der Waals surface area contributed by atoms with Crippen molar-refractivity contribution in [1.29, 1.82) is 0 Å². The molecule has 0 aliphatic rings. The number of nitro groups is 1. The quantitative estimate of drug-likeness (QED) is 0.408. The number of carbonyl (C=O) groups excluding carboxylic acids is 1. The molecule has 6 heteroatoms. The summed E-state index contributed by atoms with van der Waals surface area (Å²) in [4.78, 5) is 21.1. The van der Waals surface area contributed by atoms with Crippen LogP contribution in [-0.2, 0) is 0 Å². The molecule has 1 rings (SSSR count). The minimum absolute atomic E-state index is 0.0301. The number of benzene rings is 1. The van der Waals surface area contributed by atoms with Gasteiger partial charge in [-0.1, -0.05) is 0 Å². The summed E-state index contributed by atoms with van der Waals surface area (Å²) < 4.78 is 0. The molecule has 0 spiro atoms. The number of carbonyl (C=O) groups is 1. The number of nitrogens with one attached hydrogen (secondary N) is 1. The van der Waals surface area contributed by atoms with Crippen LogP contribution in [0.2, 0.25) is 0 Å². The fourth-order valence-corrected chi connectivity index (χ4v) is 1.03. The first-order valence-electron chi connectivity index (χ1n) is 3.82. The second-order valence-corrected chi connectivity index (χ2v) is 2.61. The lowest BCUT2D eigenvalue weighted by molar-refractivity contribution is -0.385. The summed E-state index contributed by atoms with van der Waals surface area (Å²) in [6.45, 7) is 0. The topological polar surface area (TPSA) is 98.3 Å². The van der Waals surface area contributed by atoms with E-state index < -0.39 is 10.8 Å². The minimum Gasteiger partial charge on any atom is -0.399 e. The van der Waals surface area contributed by atoms with Gasteiger partial charge >= 0.3 is 0 Å². The Morgan fingerprint density at radius 1 is 1.57 bits per heavy atom. The smallest absolute Gasteiger partial charge is 0.282 e. The van der Waals surface area contributed by atoms with Crippen molar-refractivity contribution in [3.05, 3.63) is 33.9 Å². The zero-order valence-electron chi connectivity index (χ0n) is 7.48. The van der Waals surface area contributed by atoms with Crippen LogP contribution >= 0.6 is 0 Å². The van der Waals surface area contributed by atoms with Gasteiger partial charge in [-0.2, -0.15) is 0 Å². The molecule has 0 bridgehead atoms. The van der Waals surface area contributed by atoms with Gasteiger partial charge in [0.15, 0.2) is 0 Å². The summed E-state index contributed by atoms with van der Waals surface area (Å²) >= 11 is 0. The maximum absolute atomic E-state index is 11.2. The molecule has 0 unspecified atom stereocenters. The fourth-order valence-electron chi connectivity index (χ4n) is 1.03. The standard InChI is InChI=1S/C8H9N3O3/c1-10-8(12)6-4-5(9)2-3-7(6)11(13)14/h2-4H,9H2,1H3,(H,10,12). The van der Waals surface area contributed by atoms with Crippen LogP contribution in [0.3, 0.4) is 0 Å². The largest absolute Gasteiger partial charge is 0.399 e. The molecular weight excluding hydrogens is 186 g/mol. The van der Waals surface area contributed by atoms with E-state index in [0.717, 1.165) is 0 Å². The first kappa shape index (κ1) is 9.97. The molecule has 0 radical (unpaired) electrons. The van der Waals surface area contributed by atoms with Crippen molar-refractivity contribution in [2.75, 3.05) is 12.8 Å². The van der Waals surface area contributed by atoms with Gasteiger partial charge in [-0.3, -0.25) is 14.9 Å². The Morgan fingerprint density at radius 3 is 2.71 bits per heavy atom. The van der Waals surface area contributed by atoms with Crippen LogP contribution in [0.4, 0.5) is 11.4 Å². The molecule has 0 aliphatic heterocycles. The SMILES string of the molecule is CNC(=O)c1cc(N)ccc1[N+](=O)[O-]. The maximum atomic E-state index is 11.2. The Kier molecular flexibility index (Phi) is 2.66. The molecule has 0 aliphatic carbocycles. The third-order valence-corrected chi connectivity index (χ3v) is 1.69. The van der Waals surface area contributed by atoms with Gasteiger partial charge < -0.3 is 11.1 Å². The van der Waals surface area contributed by atoms with Crippen molar-refractivity contribution in [2.24, 2.45) is 0 Å². The zero-order chi connectivity index (χ0) is 10.7. The monoisotopic (exact) mass is 195 g/mol. The van der Waals surface area contributed by atoms with E-state index in [2.05, 4.69) is 5.32 Å². The number of nitrogen functional groups attached to an aromatic ring is 1. The van der Waals surface area contributed by atoms with Crippen LogP contribution in [-0.4, -0.2) is 17.9 Å². The number of nitro benzene ring substituents is 1. The van der Waals surface area contributed by atoms with Crippen molar-refractivity contribution in [2.45, 2.75) is 0 Å². The molecule has 6 nitrogen and oxygen atoms in total. The molecular formula is C8H9N3O3. The Morgan fingerprint density at radius 2 is 2.21 bits per heavy atom. The summed E-state index contributed by atoms with van der Waals surface area (Å²) in [5.41, 5.74) is 5.45. The first-order chi connectivity index (χ1) is 6.56. The van der Waals surface area contributed by atoms with Crippen LogP contribution in [0.25, 0.3) is 0 Å². The molecule has 74 valence electrons. The Bertz CT molecular complexity index is 389. The Hall–Kier alpha value is -2.11. The van der Waals surface area contributed by atoms with Gasteiger partial charge in [0.25, 0.3) is 11.6 Å². The van der Waals surface area contributed by atoms with Gasteiger partial charge in [0.1, 0.15) is 5.56 Å². The molecule has 0 fully saturated rings. The van der Waals surface area contributed by atoms with Gasteiger partial charge in [-0.15, -0.1) is 0 Å². The summed E-state index contributed by atoms with van der Waals surface area (Å²) in [5, 5.41) is 12.8. The first-order valence-corrected chi connectivity index (χ1v) is 3.82. The molecule has 1 aromatic carbocycles. The molecule has 0 heterocycles. The highest BCUT2D eigenvalue weighted by Crippen LogP contribution is 2.20. The van der Waals surface area contributed by atoms with E-state index in [1.165, 1.54) is 25.2 Å². The summed E-state index contributed by atoms with van der Waals surface area (Å²) in [6.07, 6.45) is 0. The minimum atomic E-state index is -0.621. The third kappa shape index (κ3) is 1.79. The number of anilines is 1. The second kappa shape index (κ2) is 3.73. The summed E-state index contributed by atoms with van der Waals surface area (Å²) in [6, 6.07) is 3.86. The molecule has 0 atom stereocenters. The third-order valence-electron chi connectivity index (χ3n) is 1.69. The van der Waals surface area contributed by atoms with E-state index in [4.69, 9.17) is 5.73 Å². The van der Waals surface area contributed by atoms with Crippen LogP contribution in [0.5, 0.6) is 0 Å². The number of nitrogens with zero attached hydrogens (tertiary/aromatic N) is 1. The van der Waals surface area contributed by atoms with E-state index in [1.54, 1.807) is 0 Å². The van der Waals surface area contributed by atoms with Crippen LogP contribution < -0.4 is 11.1 Å². The average Bonchev–Trinajstić information content (AvgIpc) is 2.16. The predicted octanol–water partition coefficient (Wildman–Crippen LogP) is 0.537. The number of hydrogen-bond acceptors (Lipinski definition) is 4. The number of amides is 1. The van der Waals surface area contributed by atoms with Gasteiger partial charge in [-0.05, 0) is 12.1 Å². The van der Waals surface area contributed by atoms with Crippen molar-refractivity contribution in [3.63, 3.8) is 0 Å². The molecule has 0 saturated carbocycles. The van der Waals surface area contributed by atoms with E-state index >= 15 is 0 Å². The number of rotatable bonds is 2. The lowest BCUT2D eigenvalue weighted by atomic mass is 10.1. The fraction of sp³-hybridized carbons (Fsp3) is 0.125. The highest BCUT2D eigenvalue weighted by Gasteiger charge is 2.18. The zero-order valence-corrected chi connectivity index (χ0v) is 7.48. The average molecular weight is 195 g/mol.